The summed E-state index contributed by atoms with van der Waals surface area (Å²) < 4.78 is 3.16. The van der Waals surface area contributed by atoms with E-state index in [4.69, 9.17) is 0 Å². The molecule has 38 heavy (non-hydrogen) atoms. The van der Waals surface area contributed by atoms with Crippen molar-refractivity contribution in [3.05, 3.63) is 143 Å². The molecule has 4 nitrogen and oxygen atoms in total. The first kappa shape index (κ1) is 25.0. The van der Waals surface area contributed by atoms with Gasteiger partial charge in [-0.1, -0.05) is 107 Å². The highest BCUT2D eigenvalue weighted by Crippen LogP contribution is 2.37. The monoisotopic (exact) mass is 557 g/mol. The van der Waals surface area contributed by atoms with E-state index in [2.05, 4.69) is 44.0 Å². The van der Waals surface area contributed by atoms with E-state index in [1.807, 2.05) is 109 Å². The molecule has 1 heterocycles. The van der Waals surface area contributed by atoms with Crippen LogP contribution in [0.15, 0.2) is 131 Å². The smallest absolute Gasteiger partial charge is 0.262 e. The van der Waals surface area contributed by atoms with Crippen LogP contribution in [0.2, 0.25) is 0 Å². The predicted molar refractivity (Wildman–Crippen MR) is 156 cm³/mol. The third-order valence-corrected chi connectivity index (χ3v) is 6.72. The Balaban J connectivity index is 1.67. The molecule has 0 saturated heterocycles. The fourth-order valence-corrected chi connectivity index (χ4v) is 4.65. The minimum atomic E-state index is -0.409. The normalized spacial score (nSPS) is 11.1. The van der Waals surface area contributed by atoms with Crippen LogP contribution in [0.25, 0.3) is 34.3 Å². The number of aromatic nitrogens is 1. The standard InChI is InChI=1S/C33H24BrN3O/c34-29-16-18-30(19-17-29)37-31(25-12-6-2-7-13-25)21-27(32(37)26-14-8-3-9-15-26)20-28(22-35)33(38)36-23-24-10-4-1-5-11-24/h1-21H,23H2,(H,36,38). The van der Waals surface area contributed by atoms with Crippen LogP contribution in [0, 0.1) is 11.3 Å². The second kappa shape index (κ2) is 11.6. The van der Waals surface area contributed by atoms with Gasteiger partial charge in [0.25, 0.3) is 5.91 Å². The number of hydrogen-bond acceptors (Lipinski definition) is 2. The minimum Gasteiger partial charge on any atom is -0.347 e. The summed E-state index contributed by atoms with van der Waals surface area (Å²) in [5.41, 5.74) is 6.63. The van der Waals surface area contributed by atoms with E-state index in [1.165, 1.54) is 0 Å². The summed E-state index contributed by atoms with van der Waals surface area (Å²) in [5.74, 6) is -0.409. The Bertz CT molecular complexity index is 1620. The predicted octanol–water partition coefficient (Wildman–Crippen LogP) is 7.80. The third kappa shape index (κ3) is 5.51. The Kier molecular flexibility index (Phi) is 7.63. The van der Waals surface area contributed by atoms with Gasteiger partial charge in [0.05, 0.1) is 11.4 Å². The van der Waals surface area contributed by atoms with Crippen LogP contribution in [0.1, 0.15) is 11.1 Å². The first-order chi connectivity index (χ1) is 18.6. The molecule has 1 aromatic heterocycles. The number of carbonyl (C=O) groups is 1. The average molecular weight is 558 g/mol. The first-order valence-electron chi connectivity index (χ1n) is 12.2. The summed E-state index contributed by atoms with van der Waals surface area (Å²) in [6.45, 7) is 0.347. The molecule has 1 N–H and O–H groups in total. The zero-order valence-electron chi connectivity index (χ0n) is 20.5. The molecular formula is C33H24BrN3O. The van der Waals surface area contributed by atoms with Crippen molar-refractivity contribution in [1.82, 2.24) is 9.88 Å². The van der Waals surface area contributed by atoms with E-state index < -0.39 is 5.91 Å². The van der Waals surface area contributed by atoms with Crippen LogP contribution in [-0.2, 0) is 11.3 Å². The number of nitrogens with zero attached hydrogens (tertiary/aromatic N) is 2. The van der Waals surface area contributed by atoms with Crippen LogP contribution in [0.4, 0.5) is 0 Å². The first-order valence-corrected chi connectivity index (χ1v) is 13.0. The summed E-state index contributed by atoms with van der Waals surface area (Å²) >= 11 is 3.54. The molecule has 5 heteroatoms. The number of carbonyl (C=O) groups excluding carboxylic acids is 1. The Hall–Kier alpha value is -4.66. The maximum absolute atomic E-state index is 13.1. The zero-order valence-corrected chi connectivity index (χ0v) is 22.1. The number of hydrogen-bond donors (Lipinski definition) is 1. The molecule has 0 spiro atoms. The largest absolute Gasteiger partial charge is 0.347 e. The fourth-order valence-electron chi connectivity index (χ4n) is 4.39. The number of benzene rings is 4. The summed E-state index contributed by atoms with van der Waals surface area (Å²) in [7, 11) is 0. The summed E-state index contributed by atoms with van der Waals surface area (Å²) in [5, 5.41) is 12.8. The van der Waals surface area contributed by atoms with Gasteiger partial charge in [-0.25, -0.2) is 0 Å². The van der Waals surface area contributed by atoms with Gasteiger partial charge in [0.15, 0.2) is 0 Å². The maximum atomic E-state index is 13.1. The lowest BCUT2D eigenvalue weighted by atomic mass is 10.0. The Labute approximate surface area is 230 Å². The Morgan fingerprint density at radius 3 is 2.00 bits per heavy atom. The van der Waals surface area contributed by atoms with Crippen molar-refractivity contribution < 1.29 is 4.79 Å². The maximum Gasteiger partial charge on any atom is 0.262 e. The van der Waals surface area contributed by atoms with E-state index in [-0.39, 0.29) is 5.57 Å². The van der Waals surface area contributed by atoms with Gasteiger partial charge in [-0.15, -0.1) is 0 Å². The third-order valence-electron chi connectivity index (χ3n) is 6.19. The van der Waals surface area contributed by atoms with E-state index in [0.717, 1.165) is 43.8 Å². The number of nitrogens with one attached hydrogen (secondary N) is 1. The van der Waals surface area contributed by atoms with Gasteiger partial charge in [0.2, 0.25) is 0 Å². The van der Waals surface area contributed by atoms with Crippen molar-refractivity contribution in [2.24, 2.45) is 0 Å². The lowest BCUT2D eigenvalue weighted by molar-refractivity contribution is -0.117. The molecule has 0 aliphatic carbocycles. The molecule has 1 amide bonds. The second-order valence-corrected chi connectivity index (χ2v) is 9.63. The van der Waals surface area contributed by atoms with Crippen molar-refractivity contribution in [1.29, 1.82) is 5.26 Å². The average Bonchev–Trinajstić information content (AvgIpc) is 3.35. The van der Waals surface area contributed by atoms with Gasteiger partial charge in [-0.05, 0) is 53.1 Å². The molecule has 5 rings (SSSR count). The van der Waals surface area contributed by atoms with Crippen molar-refractivity contribution in [3.63, 3.8) is 0 Å². The highest BCUT2D eigenvalue weighted by molar-refractivity contribution is 9.10. The van der Waals surface area contributed by atoms with E-state index in [0.29, 0.717) is 6.54 Å². The molecule has 0 saturated carbocycles. The van der Waals surface area contributed by atoms with Gasteiger partial charge >= 0.3 is 0 Å². The Morgan fingerprint density at radius 1 is 0.816 bits per heavy atom. The van der Waals surface area contributed by atoms with Crippen LogP contribution in [0.5, 0.6) is 0 Å². The summed E-state index contributed by atoms with van der Waals surface area (Å²) in [4.78, 5) is 13.1. The van der Waals surface area contributed by atoms with Crippen LogP contribution in [-0.4, -0.2) is 10.5 Å². The minimum absolute atomic E-state index is 0.0469. The van der Waals surface area contributed by atoms with Crippen molar-refractivity contribution in [2.75, 3.05) is 0 Å². The molecular weight excluding hydrogens is 534 g/mol. The van der Waals surface area contributed by atoms with Crippen LogP contribution in [0.3, 0.4) is 0 Å². The summed E-state index contributed by atoms with van der Waals surface area (Å²) in [6, 6.07) is 42.1. The topological polar surface area (TPSA) is 57.8 Å². The molecule has 0 atom stereocenters. The zero-order chi connectivity index (χ0) is 26.3. The molecule has 0 unspecified atom stereocenters. The summed E-state index contributed by atoms with van der Waals surface area (Å²) in [6.07, 6.45) is 1.68. The van der Waals surface area contributed by atoms with E-state index >= 15 is 0 Å². The molecule has 4 aromatic carbocycles. The van der Waals surface area contributed by atoms with Gasteiger partial charge in [-0.3, -0.25) is 4.79 Å². The highest BCUT2D eigenvalue weighted by Gasteiger charge is 2.20. The van der Waals surface area contributed by atoms with E-state index in [1.54, 1.807) is 6.08 Å². The number of rotatable bonds is 7. The molecule has 5 aromatic rings. The van der Waals surface area contributed by atoms with Gasteiger partial charge in [0.1, 0.15) is 11.6 Å². The number of halogens is 1. The highest BCUT2D eigenvalue weighted by atomic mass is 79.9. The number of nitriles is 1. The van der Waals surface area contributed by atoms with Crippen molar-refractivity contribution >= 4 is 27.9 Å². The van der Waals surface area contributed by atoms with Gasteiger partial charge in [-0.2, -0.15) is 5.26 Å². The quantitative estimate of drug-likeness (QED) is 0.164. The fraction of sp³-hybridized carbons (Fsp3) is 0.0303. The molecule has 0 bridgehead atoms. The van der Waals surface area contributed by atoms with Crippen LogP contribution < -0.4 is 5.32 Å². The SMILES string of the molecule is N#CC(=Cc1cc(-c2ccccc2)n(-c2ccc(Br)cc2)c1-c1ccccc1)C(=O)NCc1ccccc1. The molecule has 0 aliphatic heterocycles. The van der Waals surface area contributed by atoms with Crippen LogP contribution >= 0.6 is 15.9 Å². The lowest BCUT2D eigenvalue weighted by Crippen LogP contribution is -2.23. The Morgan fingerprint density at radius 2 is 1.39 bits per heavy atom. The molecule has 0 aliphatic rings. The molecule has 0 fully saturated rings. The van der Waals surface area contributed by atoms with Gasteiger partial charge < -0.3 is 9.88 Å². The second-order valence-electron chi connectivity index (χ2n) is 8.72. The molecule has 184 valence electrons. The van der Waals surface area contributed by atoms with Gasteiger partial charge in [0, 0.05) is 22.3 Å². The number of amides is 1. The van der Waals surface area contributed by atoms with Crippen molar-refractivity contribution in [3.8, 4) is 34.3 Å². The van der Waals surface area contributed by atoms with Crippen molar-refractivity contribution in [2.45, 2.75) is 6.54 Å². The molecule has 0 radical (unpaired) electrons. The van der Waals surface area contributed by atoms with E-state index in [9.17, 15) is 10.1 Å². The lowest BCUT2D eigenvalue weighted by Gasteiger charge is -2.15.